The van der Waals surface area contributed by atoms with Crippen LogP contribution in [0.3, 0.4) is 0 Å². The second-order valence-corrected chi connectivity index (χ2v) is 15.8. The van der Waals surface area contributed by atoms with E-state index in [1.54, 1.807) is 48.8 Å². The van der Waals surface area contributed by atoms with Gasteiger partial charge in [0.15, 0.2) is 11.5 Å². The molecule has 0 aliphatic carbocycles. The van der Waals surface area contributed by atoms with Crippen molar-refractivity contribution in [1.29, 1.82) is 0 Å². The number of carboxylic acids is 1. The number of nitrogens with zero attached hydrogens (tertiary/aromatic N) is 4. The van der Waals surface area contributed by atoms with Crippen molar-refractivity contribution in [3.63, 3.8) is 0 Å². The zero-order valence-electron chi connectivity index (χ0n) is 34.2. The molecular weight excluding hydrogens is 828 g/mol. The zero-order valence-corrected chi connectivity index (χ0v) is 34.2. The minimum Gasteiger partial charge on any atom is -0.493 e. The monoisotopic (exact) mass is 873 g/mol. The number of rotatable bonds is 12. The Hall–Kier alpha value is -6.40. The molecule has 0 bridgehead atoms. The number of esters is 1. The predicted octanol–water partition coefficient (Wildman–Crippen LogP) is 9.63. The summed E-state index contributed by atoms with van der Waals surface area (Å²) in [5.41, 5.74) is -2.48. The molecule has 4 aromatic rings. The molecule has 0 spiro atoms. The van der Waals surface area contributed by atoms with Gasteiger partial charge in [0.25, 0.3) is 5.69 Å². The molecule has 62 heavy (non-hydrogen) atoms. The summed E-state index contributed by atoms with van der Waals surface area (Å²) in [6.07, 6.45) is -8.87. The van der Waals surface area contributed by atoms with E-state index >= 15 is 13.2 Å². The number of hydrogen-bond acceptors (Lipinski definition) is 11. The van der Waals surface area contributed by atoms with Crippen molar-refractivity contribution in [2.24, 2.45) is 5.92 Å². The van der Waals surface area contributed by atoms with Crippen molar-refractivity contribution in [2.45, 2.75) is 58.1 Å². The van der Waals surface area contributed by atoms with Gasteiger partial charge in [-0.05, 0) is 76.1 Å². The van der Waals surface area contributed by atoms with Gasteiger partial charge in [0.1, 0.15) is 16.9 Å². The van der Waals surface area contributed by atoms with Crippen LogP contribution in [0.15, 0.2) is 72.8 Å². The van der Waals surface area contributed by atoms with Gasteiger partial charge in [-0.25, -0.2) is 4.79 Å². The van der Waals surface area contributed by atoms with Crippen molar-refractivity contribution in [2.75, 3.05) is 66.4 Å². The molecule has 2 heterocycles. The smallest absolute Gasteiger partial charge is 0.418 e. The molecule has 2 N–H and O–H groups in total. The van der Waals surface area contributed by atoms with Crippen molar-refractivity contribution in [3.8, 4) is 17.2 Å². The first-order valence-corrected chi connectivity index (χ1v) is 19.6. The lowest BCUT2D eigenvalue weighted by Gasteiger charge is -2.40. The first kappa shape index (κ1) is 45.1. The van der Waals surface area contributed by atoms with Crippen LogP contribution in [0.4, 0.5) is 54.8 Å². The third kappa shape index (κ3) is 10.5. The third-order valence-corrected chi connectivity index (χ3v) is 10.5. The fourth-order valence-corrected chi connectivity index (χ4v) is 7.46. The van der Waals surface area contributed by atoms with Crippen LogP contribution in [-0.4, -0.2) is 73.9 Å². The Bertz CT molecular complexity index is 2300. The van der Waals surface area contributed by atoms with Gasteiger partial charge < -0.3 is 39.3 Å². The van der Waals surface area contributed by atoms with Gasteiger partial charge in [-0.1, -0.05) is 18.2 Å². The number of halogens is 6. The van der Waals surface area contributed by atoms with Crippen molar-refractivity contribution >= 4 is 40.4 Å². The highest BCUT2D eigenvalue weighted by Crippen LogP contribution is 2.45. The minimum absolute atomic E-state index is 0.00405. The van der Waals surface area contributed by atoms with E-state index in [-0.39, 0.29) is 87.3 Å². The highest BCUT2D eigenvalue weighted by Gasteiger charge is 2.39. The highest BCUT2D eigenvalue weighted by atomic mass is 19.4. The summed E-state index contributed by atoms with van der Waals surface area (Å²) in [6, 6.07) is 15.1. The number of nitrogens with one attached hydrogen (secondary N) is 1. The maximum atomic E-state index is 15.1. The number of ether oxygens (including phenoxy) is 3. The molecule has 2 fully saturated rings. The number of carboxylic acid groups (broad SMARTS) is 1. The van der Waals surface area contributed by atoms with Gasteiger partial charge in [-0.15, -0.1) is 0 Å². The van der Waals surface area contributed by atoms with Gasteiger partial charge in [0.05, 0.1) is 46.1 Å². The number of nitro benzene ring substituents is 1. The summed E-state index contributed by atoms with van der Waals surface area (Å²) >= 11 is 0. The molecule has 19 heteroatoms. The van der Waals surface area contributed by atoms with Crippen LogP contribution in [0.25, 0.3) is 0 Å². The Kier molecular flexibility index (Phi) is 13.0. The molecule has 0 saturated carbocycles. The van der Waals surface area contributed by atoms with Gasteiger partial charge in [0.2, 0.25) is 0 Å². The SMILES string of the molecule is COc1cccc(CNc2cc(C(F)(F)F)c(N3CCC(C(=O)OC(C)(C)C)CC3)cc2N2CCN(c3cccc(C(F)(F)F)c3)CC2)c1Oc1ccc([N+](=O)[O-])cc1C(=O)O. The number of para-hydroxylation sites is 1. The number of piperazine rings is 1. The van der Waals surface area contributed by atoms with Crippen molar-refractivity contribution in [3.05, 3.63) is 105 Å². The van der Waals surface area contributed by atoms with E-state index in [9.17, 15) is 38.0 Å². The molecule has 0 radical (unpaired) electrons. The first-order valence-electron chi connectivity index (χ1n) is 19.6. The molecule has 6 rings (SSSR count). The number of methoxy groups -OCH3 is 1. The quantitative estimate of drug-likeness (QED) is 0.0605. The molecule has 2 aliphatic rings. The second kappa shape index (κ2) is 17.9. The maximum absolute atomic E-state index is 15.1. The summed E-state index contributed by atoms with van der Waals surface area (Å²) in [5, 5.41) is 24.3. The molecule has 332 valence electrons. The number of aromatic carboxylic acids is 1. The molecule has 13 nitrogen and oxygen atoms in total. The summed E-state index contributed by atoms with van der Waals surface area (Å²) in [5.74, 6) is -2.55. The molecule has 0 unspecified atom stereocenters. The Balaban J connectivity index is 1.35. The predicted molar refractivity (Wildman–Crippen MR) is 219 cm³/mol. The van der Waals surface area contributed by atoms with Crippen LogP contribution in [0.5, 0.6) is 17.2 Å². The van der Waals surface area contributed by atoms with Gasteiger partial charge >= 0.3 is 24.3 Å². The number of carbonyl (C=O) groups excluding carboxylic acids is 1. The van der Waals surface area contributed by atoms with Crippen LogP contribution in [0, 0.1) is 16.0 Å². The van der Waals surface area contributed by atoms with Crippen molar-refractivity contribution in [1.82, 2.24) is 0 Å². The Morgan fingerprint density at radius 3 is 2.05 bits per heavy atom. The number of anilines is 4. The Morgan fingerprint density at radius 2 is 1.45 bits per heavy atom. The number of nitro groups is 1. The van der Waals surface area contributed by atoms with E-state index in [0.29, 0.717) is 16.9 Å². The number of non-ortho nitro benzene ring substituents is 1. The lowest BCUT2D eigenvalue weighted by molar-refractivity contribution is -0.384. The first-order chi connectivity index (χ1) is 29.1. The molecule has 2 aliphatic heterocycles. The van der Waals surface area contributed by atoms with Crippen LogP contribution >= 0.6 is 0 Å². The van der Waals surface area contributed by atoms with E-state index in [4.69, 9.17) is 14.2 Å². The molecule has 0 amide bonds. The second-order valence-electron chi connectivity index (χ2n) is 15.8. The molecule has 0 atom stereocenters. The minimum atomic E-state index is -4.83. The van der Waals surface area contributed by atoms with Gasteiger partial charge in [-0.3, -0.25) is 14.9 Å². The fourth-order valence-electron chi connectivity index (χ4n) is 7.46. The van der Waals surface area contributed by atoms with Crippen LogP contribution in [0.2, 0.25) is 0 Å². The number of carbonyl (C=O) groups is 2. The number of piperidine rings is 1. The van der Waals surface area contributed by atoms with Gasteiger partial charge in [0, 0.05) is 69.2 Å². The summed E-state index contributed by atoms with van der Waals surface area (Å²) in [6.45, 7) is 6.23. The van der Waals surface area contributed by atoms with E-state index < -0.39 is 63.1 Å². The maximum Gasteiger partial charge on any atom is 0.418 e. The molecule has 2 saturated heterocycles. The van der Waals surface area contributed by atoms with Crippen LogP contribution < -0.4 is 29.5 Å². The third-order valence-electron chi connectivity index (χ3n) is 10.5. The van der Waals surface area contributed by atoms with E-state index in [1.165, 1.54) is 25.3 Å². The van der Waals surface area contributed by atoms with Crippen LogP contribution in [-0.2, 0) is 28.4 Å². The largest absolute Gasteiger partial charge is 0.493 e. The number of alkyl halides is 6. The summed E-state index contributed by atoms with van der Waals surface area (Å²) < 4.78 is 103. The normalized spacial score (nSPS) is 15.3. The van der Waals surface area contributed by atoms with Gasteiger partial charge in [-0.2, -0.15) is 26.3 Å². The van der Waals surface area contributed by atoms with Crippen LogP contribution in [0.1, 0.15) is 60.7 Å². The fraction of sp³-hybridized carbons (Fsp3) is 0.395. The lowest BCUT2D eigenvalue weighted by atomic mass is 9.95. The van der Waals surface area contributed by atoms with E-state index in [2.05, 4.69) is 5.32 Å². The average Bonchev–Trinajstić information content (AvgIpc) is 3.22. The highest BCUT2D eigenvalue weighted by molar-refractivity contribution is 5.92. The summed E-state index contributed by atoms with van der Waals surface area (Å²) in [4.78, 5) is 40.8. The standard InChI is InChI=1S/C43H45F6N5O8/c1-41(2,3)62-40(57)26-13-15-52(16-14-26)34-24-35(53-19-17-51(18-20-53)29-9-6-8-28(21-29)42(44,45)46)33(23-32(34)43(47,48)49)50-25-27-7-5-10-37(60-4)38(27)61-36-12-11-30(54(58)59)22-31(36)39(55)56/h5-12,21-24,26,50H,13-20,25H2,1-4H3,(H,55,56). The summed E-state index contributed by atoms with van der Waals surface area (Å²) in [7, 11) is 1.33. The molecule has 4 aromatic carbocycles. The number of benzene rings is 4. The topological polar surface area (TPSA) is 147 Å². The average molecular weight is 874 g/mol. The van der Waals surface area contributed by atoms with Crippen molar-refractivity contribution < 1.29 is 60.2 Å². The van der Waals surface area contributed by atoms with E-state index in [1.807, 2.05) is 4.90 Å². The van der Waals surface area contributed by atoms with E-state index in [0.717, 1.165) is 36.4 Å². The Morgan fingerprint density at radius 1 is 0.806 bits per heavy atom. The Labute approximate surface area is 352 Å². The molecular formula is C43H45F6N5O8. The number of hydrogen-bond donors (Lipinski definition) is 2. The lowest BCUT2D eigenvalue weighted by Crippen LogP contribution is -2.47. The zero-order chi connectivity index (χ0) is 45.1. The molecule has 0 aromatic heterocycles.